The van der Waals surface area contributed by atoms with Crippen LogP contribution in [0.2, 0.25) is 0 Å². The van der Waals surface area contributed by atoms with Gasteiger partial charge in [-0.15, -0.1) is 0 Å². The minimum absolute atomic E-state index is 0.133. The summed E-state index contributed by atoms with van der Waals surface area (Å²) >= 11 is 0. The first kappa shape index (κ1) is 11.2. The van der Waals surface area contributed by atoms with Crippen LogP contribution in [0.3, 0.4) is 0 Å². The van der Waals surface area contributed by atoms with E-state index in [0.29, 0.717) is 6.54 Å². The molecule has 0 radical (unpaired) electrons. The van der Waals surface area contributed by atoms with Crippen molar-refractivity contribution >= 4 is 16.5 Å². The van der Waals surface area contributed by atoms with Gasteiger partial charge in [0, 0.05) is 19.3 Å². The molecule has 0 aromatic rings. The number of rotatable bonds is 4. The fourth-order valence-electron chi connectivity index (χ4n) is 1.11. The number of nitrogens with zero attached hydrogens (tertiary/aromatic N) is 2. The Kier molecular flexibility index (Phi) is 3.62. The van der Waals surface area contributed by atoms with E-state index in [4.69, 9.17) is 4.55 Å². The predicted octanol–water partition coefficient (Wildman–Crippen LogP) is -0.907. The van der Waals surface area contributed by atoms with E-state index in [1.807, 2.05) is 0 Å². The third-order valence-corrected chi connectivity index (χ3v) is 2.42. The minimum Gasteiger partial charge on any atom is -0.390 e. The molecule has 1 unspecified atom stereocenters. The molecule has 1 rings (SSSR count). The van der Waals surface area contributed by atoms with Gasteiger partial charge in [-0.05, 0) is 6.08 Å². The lowest BCUT2D eigenvalue weighted by atomic mass is 10.3. The van der Waals surface area contributed by atoms with Crippen molar-refractivity contribution in [3.05, 3.63) is 12.3 Å². The Morgan fingerprint density at radius 1 is 1.57 bits per heavy atom. The normalized spacial score (nSPS) is 18.6. The van der Waals surface area contributed by atoms with Crippen LogP contribution in [-0.2, 0) is 10.1 Å². The highest BCUT2D eigenvalue weighted by Gasteiger charge is 2.16. The van der Waals surface area contributed by atoms with E-state index >= 15 is 0 Å². The summed E-state index contributed by atoms with van der Waals surface area (Å²) in [5.41, 5.74) is 0. The molecule has 7 heteroatoms. The van der Waals surface area contributed by atoms with Crippen LogP contribution >= 0.6 is 0 Å². The molecule has 1 heterocycles. The van der Waals surface area contributed by atoms with Crippen LogP contribution < -0.4 is 0 Å². The first-order valence-corrected chi connectivity index (χ1v) is 5.64. The second-order valence-corrected chi connectivity index (χ2v) is 4.50. The molecule has 1 aliphatic rings. The Hall–Kier alpha value is -0.920. The highest BCUT2D eigenvalue weighted by molar-refractivity contribution is 7.85. The van der Waals surface area contributed by atoms with Crippen molar-refractivity contribution in [1.29, 1.82) is 0 Å². The van der Waals surface area contributed by atoms with Crippen molar-refractivity contribution in [3.8, 4) is 0 Å². The largest absolute Gasteiger partial charge is 0.390 e. The number of hydrogen-bond acceptors (Lipinski definition) is 5. The standard InChI is InChI=1S/C7H12N2O4S/c10-7(5-14(11,12)13)4-9-3-1-2-8-6-9/h1-2,6-7,10H,3-5H2,(H,11,12,13). The van der Waals surface area contributed by atoms with Gasteiger partial charge < -0.3 is 10.0 Å². The summed E-state index contributed by atoms with van der Waals surface area (Å²) in [6.45, 7) is 0.708. The van der Waals surface area contributed by atoms with Gasteiger partial charge in [-0.1, -0.05) is 0 Å². The Bertz CT molecular complexity index is 336. The van der Waals surface area contributed by atoms with Gasteiger partial charge >= 0.3 is 0 Å². The zero-order valence-corrected chi connectivity index (χ0v) is 8.26. The SMILES string of the molecule is O=S(=O)(O)CC(O)CN1C=NC=CC1. The second kappa shape index (κ2) is 4.54. The summed E-state index contributed by atoms with van der Waals surface area (Å²) in [7, 11) is -4.11. The summed E-state index contributed by atoms with van der Waals surface area (Å²) < 4.78 is 29.3. The summed E-state index contributed by atoms with van der Waals surface area (Å²) in [5, 5.41) is 9.27. The average molecular weight is 220 g/mol. The van der Waals surface area contributed by atoms with Gasteiger partial charge in [-0.3, -0.25) is 4.55 Å². The second-order valence-electron chi connectivity index (χ2n) is 3.01. The maximum atomic E-state index is 10.4. The van der Waals surface area contributed by atoms with Gasteiger partial charge in [0.1, 0.15) is 5.75 Å². The molecule has 80 valence electrons. The van der Waals surface area contributed by atoms with E-state index < -0.39 is 22.0 Å². The lowest BCUT2D eigenvalue weighted by Gasteiger charge is -2.21. The molecule has 1 aliphatic heterocycles. The lowest BCUT2D eigenvalue weighted by Crippen LogP contribution is -2.36. The van der Waals surface area contributed by atoms with Crippen molar-refractivity contribution in [3.63, 3.8) is 0 Å². The molecule has 1 atom stereocenters. The van der Waals surface area contributed by atoms with Crippen LogP contribution in [0.1, 0.15) is 0 Å². The van der Waals surface area contributed by atoms with Crippen LogP contribution in [0.15, 0.2) is 17.3 Å². The summed E-state index contributed by atoms with van der Waals surface area (Å²) in [5.74, 6) is -0.652. The number of aliphatic hydroxyl groups excluding tert-OH is 1. The molecule has 0 saturated carbocycles. The zero-order valence-electron chi connectivity index (χ0n) is 7.44. The van der Waals surface area contributed by atoms with Crippen molar-refractivity contribution in [1.82, 2.24) is 4.90 Å². The fraction of sp³-hybridized carbons (Fsp3) is 0.571. The quantitative estimate of drug-likeness (QED) is 0.599. The molecule has 0 aromatic carbocycles. The van der Waals surface area contributed by atoms with Gasteiger partial charge in [0.15, 0.2) is 0 Å². The van der Waals surface area contributed by atoms with E-state index in [-0.39, 0.29) is 6.54 Å². The highest BCUT2D eigenvalue weighted by atomic mass is 32.2. The Morgan fingerprint density at radius 3 is 2.79 bits per heavy atom. The molecular weight excluding hydrogens is 208 g/mol. The maximum absolute atomic E-state index is 10.4. The molecule has 2 N–H and O–H groups in total. The van der Waals surface area contributed by atoms with Gasteiger partial charge in [0.25, 0.3) is 10.1 Å². The van der Waals surface area contributed by atoms with Crippen molar-refractivity contribution in [2.45, 2.75) is 6.10 Å². The number of hydrogen-bond donors (Lipinski definition) is 2. The molecular formula is C7H12N2O4S. The third-order valence-electron chi connectivity index (χ3n) is 1.61. The van der Waals surface area contributed by atoms with Crippen LogP contribution in [0.4, 0.5) is 0 Å². The predicted molar refractivity (Wildman–Crippen MR) is 51.6 cm³/mol. The van der Waals surface area contributed by atoms with E-state index in [0.717, 1.165) is 0 Å². The summed E-state index contributed by atoms with van der Waals surface area (Å²) in [6.07, 6.45) is 3.79. The Balaban J connectivity index is 2.37. The average Bonchev–Trinajstić information content (AvgIpc) is 2.02. The van der Waals surface area contributed by atoms with E-state index in [1.165, 1.54) is 6.34 Å². The topological polar surface area (TPSA) is 90.2 Å². The van der Waals surface area contributed by atoms with Gasteiger partial charge in [0.05, 0.1) is 12.4 Å². The molecule has 6 nitrogen and oxygen atoms in total. The van der Waals surface area contributed by atoms with Crippen LogP contribution in [0.25, 0.3) is 0 Å². The molecule has 0 saturated heterocycles. The molecule has 0 spiro atoms. The smallest absolute Gasteiger partial charge is 0.267 e. The highest BCUT2D eigenvalue weighted by Crippen LogP contribution is 1.98. The fourth-order valence-corrected chi connectivity index (χ4v) is 1.70. The molecule has 14 heavy (non-hydrogen) atoms. The number of aliphatic hydroxyl groups is 1. The molecule has 0 aliphatic carbocycles. The van der Waals surface area contributed by atoms with Crippen LogP contribution in [-0.4, -0.2) is 54.3 Å². The minimum atomic E-state index is -4.11. The van der Waals surface area contributed by atoms with Crippen molar-refractivity contribution in [2.75, 3.05) is 18.8 Å². The summed E-state index contributed by atoms with van der Waals surface area (Å²) in [4.78, 5) is 5.45. The van der Waals surface area contributed by atoms with Gasteiger partial charge in [-0.2, -0.15) is 8.42 Å². The first-order valence-electron chi connectivity index (χ1n) is 4.03. The number of β-amino-alcohol motifs (C(OH)–C–C–N with tert-alkyl or cyclic N) is 1. The molecule has 0 bridgehead atoms. The van der Waals surface area contributed by atoms with Gasteiger partial charge in [0.2, 0.25) is 0 Å². The van der Waals surface area contributed by atoms with E-state index in [9.17, 15) is 13.5 Å². The lowest BCUT2D eigenvalue weighted by molar-refractivity contribution is 0.165. The molecule has 0 fully saturated rings. The Labute approximate surface area is 82.3 Å². The van der Waals surface area contributed by atoms with Crippen molar-refractivity contribution < 1.29 is 18.1 Å². The van der Waals surface area contributed by atoms with E-state index in [1.54, 1.807) is 17.2 Å². The van der Waals surface area contributed by atoms with Gasteiger partial charge in [-0.25, -0.2) is 4.99 Å². The third kappa shape index (κ3) is 4.35. The monoisotopic (exact) mass is 220 g/mol. The van der Waals surface area contributed by atoms with Crippen molar-refractivity contribution in [2.24, 2.45) is 4.99 Å². The zero-order chi connectivity index (χ0) is 10.6. The van der Waals surface area contributed by atoms with Crippen LogP contribution in [0, 0.1) is 0 Å². The Morgan fingerprint density at radius 2 is 2.29 bits per heavy atom. The molecule has 0 aromatic heterocycles. The number of aliphatic imine (C=N–C) groups is 1. The van der Waals surface area contributed by atoms with Crippen LogP contribution in [0.5, 0.6) is 0 Å². The first-order chi connectivity index (χ1) is 6.47. The summed E-state index contributed by atoms with van der Waals surface area (Å²) in [6, 6.07) is 0. The molecule has 0 amide bonds. The maximum Gasteiger partial charge on any atom is 0.267 e. The van der Waals surface area contributed by atoms with E-state index in [2.05, 4.69) is 4.99 Å².